The van der Waals surface area contributed by atoms with Crippen LogP contribution >= 0.6 is 0 Å². The third-order valence-corrected chi connectivity index (χ3v) is 6.66. The molecule has 30 heavy (non-hydrogen) atoms. The standard InChI is InChI=1S/C25H31FN2O2/c26-23-8-6-22(7-9-23)25(12-16-30-17-13-25)27-19-24(29)28-14-10-21(11-15-28)18-20-4-2-1-3-5-20/h1-9,21,27H,10-19H2. The normalized spacial score (nSPS) is 19.6. The monoisotopic (exact) mass is 410 g/mol. The van der Waals surface area contributed by atoms with Crippen LogP contribution in [0.1, 0.15) is 36.8 Å². The molecule has 1 amide bonds. The highest BCUT2D eigenvalue weighted by atomic mass is 19.1. The second-order valence-electron chi connectivity index (χ2n) is 8.57. The van der Waals surface area contributed by atoms with Crippen LogP contribution in [0.25, 0.3) is 0 Å². The summed E-state index contributed by atoms with van der Waals surface area (Å²) in [6.07, 6.45) is 4.76. The van der Waals surface area contributed by atoms with Gasteiger partial charge in [-0.3, -0.25) is 10.1 Å². The maximum atomic E-state index is 13.4. The number of piperidine rings is 1. The van der Waals surface area contributed by atoms with Gasteiger partial charge < -0.3 is 9.64 Å². The summed E-state index contributed by atoms with van der Waals surface area (Å²) in [4.78, 5) is 14.9. The van der Waals surface area contributed by atoms with Crippen LogP contribution in [0.3, 0.4) is 0 Å². The van der Waals surface area contributed by atoms with E-state index in [1.54, 1.807) is 0 Å². The van der Waals surface area contributed by atoms with Crippen LogP contribution in [0.15, 0.2) is 54.6 Å². The molecule has 0 saturated carbocycles. The first kappa shape index (κ1) is 21.0. The third-order valence-electron chi connectivity index (χ3n) is 6.66. The quantitative estimate of drug-likeness (QED) is 0.785. The van der Waals surface area contributed by atoms with Crippen molar-refractivity contribution in [1.29, 1.82) is 0 Å². The zero-order valence-electron chi connectivity index (χ0n) is 17.5. The van der Waals surface area contributed by atoms with Crippen LogP contribution in [0.4, 0.5) is 4.39 Å². The molecule has 4 nitrogen and oxygen atoms in total. The molecule has 2 aromatic rings. The minimum absolute atomic E-state index is 0.154. The molecule has 2 saturated heterocycles. The fraction of sp³-hybridized carbons (Fsp3) is 0.480. The maximum Gasteiger partial charge on any atom is 0.236 e. The average Bonchev–Trinajstić information content (AvgIpc) is 2.80. The lowest BCUT2D eigenvalue weighted by molar-refractivity contribution is -0.132. The molecule has 2 fully saturated rings. The first-order chi connectivity index (χ1) is 14.6. The van der Waals surface area contributed by atoms with Crippen molar-refractivity contribution in [2.24, 2.45) is 5.92 Å². The number of carbonyl (C=O) groups is 1. The molecule has 0 spiro atoms. The largest absolute Gasteiger partial charge is 0.381 e. The highest BCUT2D eigenvalue weighted by Crippen LogP contribution is 2.32. The number of likely N-dealkylation sites (tertiary alicyclic amines) is 1. The van der Waals surface area contributed by atoms with Crippen LogP contribution in [0.2, 0.25) is 0 Å². The summed E-state index contributed by atoms with van der Waals surface area (Å²) in [5.74, 6) is 0.557. The lowest BCUT2D eigenvalue weighted by atomic mass is 9.82. The van der Waals surface area contributed by atoms with Crippen molar-refractivity contribution in [2.45, 2.75) is 37.6 Å². The SMILES string of the molecule is O=C(CNC1(c2ccc(F)cc2)CCOCC1)N1CCC(Cc2ccccc2)CC1. The van der Waals surface area contributed by atoms with Gasteiger partial charge in [-0.1, -0.05) is 42.5 Å². The van der Waals surface area contributed by atoms with E-state index in [9.17, 15) is 9.18 Å². The molecule has 160 valence electrons. The molecule has 2 heterocycles. The Kier molecular flexibility index (Phi) is 6.80. The summed E-state index contributed by atoms with van der Waals surface area (Å²) in [5, 5.41) is 3.53. The van der Waals surface area contributed by atoms with Gasteiger partial charge in [-0.25, -0.2) is 4.39 Å². The minimum Gasteiger partial charge on any atom is -0.381 e. The van der Waals surface area contributed by atoms with Gasteiger partial charge in [0, 0.05) is 31.8 Å². The number of nitrogens with one attached hydrogen (secondary N) is 1. The number of ether oxygens (including phenoxy) is 1. The second kappa shape index (κ2) is 9.71. The smallest absolute Gasteiger partial charge is 0.236 e. The van der Waals surface area contributed by atoms with E-state index in [0.29, 0.717) is 25.7 Å². The Morgan fingerprint density at radius 1 is 1.03 bits per heavy atom. The van der Waals surface area contributed by atoms with E-state index >= 15 is 0 Å². The Balaban J connectivity index is 1.31. The molecule has 2 aromatic carbocycles. The molecular formula is C25H31FN2O2. The van der Waals surface area contributed by atoms with Crippen molar-refractivity contribution in [2.75, 3.05) is 32.8 Å². The molecule has 0 radical (unpaired) electrons. The molecule has 4 rings (SSSR count). The molecule has 0 unspecified atom stereocenters. The van der Waals surface area contributed by atoms with E-state index in [2.05, 4.69) is 35.6 Å². The molecule has 0 atom stereocenters. The number of hydrogen-bond donors (Lipinski definition) is 1. The zero-order chi connectivity index (χ0) is 20.8. The number of carbonyl (C=O) groups excluding carboxylic acids is 1. The van der Waals surface area contributed by atoms with Crippen LogP contribution in [-0.2, 0) is 21.5 Å². The van der Waals surface area contributed by atoms with Gasteiger partial charge in [-0.15, -0.1) is 0 Å². The van der Waals surface area contributed by atoms with Gasteiger partial charge in [0.1, 0.15) is 5.82 Å². The Morgan fingerprint density at radius 3 is 2.37 bits per heavy atom. The summed E-state index contributed by atoms with van der Waals surface area (Å²) in [6, 6.07) is 17.2. The molecule has 0 bridgehead atoms. The van der Waals surface area contributed by atoms with Crippen molar-refractivity contribution < 1.29 is 13.9 Å². The van der Waals surface area contributed by atoms with Gasteiger partial charge in [-0.2, -0.15) is 0 Å². The number of halogens is 1. The van der Waals surface area contributed by atoms with Crippen molar-refractivity contribution >= 4 is 5.91 Å². The summed E-state index contributed by atoms with van der Waals surface area (Å²) >= 11 is 0. The summed E-state index contributed by atoms with van der Waals surface area (Å²) in [7, 11) is 0. The van der Waals surface area contributed by atoms with Gasteiger partial charge >= 0.3 is 0 Å². The Morgan fingerprint density at radius 2 is 1.70 bits per heavy atom. The number of amides is 1. The van der Waals surface area contributed by atoms with Crippen LogP contribution in [0.5, 0.6) is 0 Å². The molecular weight excluding hydrogens is 379 g/mol. The van der Waals surface area contributed by atoms with E-state index in [-0.39, 0.29) is 17.3 Å². The predicted molar refractivity (Wildman–Crippen MR) is 116 cm³/mol. The minimum atomic E-state index is -0.326. The maximum absolute atomic E-state index is 13.4. The summed E-state index contributed by atoms with van der Waals surface area (Å²) < 4.78 is 18.9. The number of benzene rings is 2. The van der Waals surface area contributed by atoms with Gasteiger partial charge in [0.2, 0.25) is 5.91 Å². The second-order valence-corrected chi connectivity index (χ2v) is 8.57. The first-order valence-electron chi connectivity index (χ1n) is 11.1. The van der Waals surface area contributed by atoms with Gasteiger partial charge in [0.05, 0.1) is 6.54 Å². The average molecular weight is 411 g/mol. The van der Waals surface area contributed by atoms with Crippen LogP contribution in [0, 0.1) is 11.7 Å². The lowest BCUT2D eigenvalue weighted by Gasteiger charge is -2.39. The lowest BCUT2D eigenvalue weighted by Crippen LogP contribution is -2.51. The van der Waals surface area contributed by atoms with Crippen LogP contribution in [-0.4, -0.2) is 43.7 Å². The van der Waals surface area contributed by atoms with E-state index in [0.717, 1.165) is 50.8 Å². The van der Waals surface area contributed by atoms with E-state index in [1.807, 2.05) is 17.0 Å². The number of rotatable bonds is 6. The molecule has 1 N–H and O–H groups in total. The van der Waals surface area contributed by atoms with E-state index < -0.39 is 0 Å². The third kappa shape index (κ3) is 5.08. The first-order valence-corrected chi connectivity index (χ1v) is 11.1. The van der Waals surface area contributed by atoms with E-state index in [1.165, 1.54) is 17.7 Å². The van der Waals surface area contributed by atoms with Gasteiger partial charge in [-0.05, 0) is 61.3 Å². The fourth-order valence-electron chi connectivity index (χ4n) is 4.75. The topological polar surface area (TPSA) is 41.6 Å². The predicted octanol–water partition coefficient (Wildman–Crippen LogP) is 3.90. The Labute approximate surface area is 178 Å². The van der Waals surface area contributed by atoms with Crippen molar-refractivity contribution in [3.63, 3.8) is 0 Å². The fourth-order valence-corrected chi connectivity index (χ4v) is 4.75. The zero-order valence-corrected chi connectivity index (χ0v) is 17.5. The highest BCUT2D eigenvalue weighted by molar-refractivity contribution is 5.78. The number of nitrogens with zero attached hydrogens (tertiary/aromatic N) is 1. The van der Waals surface area contributed by atoms with Crippen LogP contribution < -0.4 is 5.32 Å². The van der Waals surface area contributed by atoms with E-state index in [4.69, 9.17) is 4.74 Å². The summed E-state index contributed by atoms with van der Waals surface area (Å²) in [5.41, 5.74) is 2.08. The molecule has 0 aliphatic carbocycles. The van der Waals surface area contributed by atoms with Crippen molar-refractivity contribution in [1.82, 2.24) is 10.2 Å². The van der Waals surface area contributed by atoms with Gasteiger partial charge in [0.25, 0.3) is 0 Å². The molecule has 2 aliphatic rings. The molecule has 0 aromatic heterocycles. The summed E-state index contributed by atoms with van der Waals surface area (Å²) in [6.45, 7) is 3.24. The highest BCUT2D eigenvalue weighted by Gasteiger charge is 2.35. The van der Waals surface area contributed by atoms with Crippen molar-refractivity contribution in [3.05, 3.63) is 71.5 Å². The molecule has 5 heteroatoms. The Hall–Kier alpha value is -2.24. The molecule has 2 aliphatic heterocycles. The Bertz CT molecular complexity index is 811. The number of hydrogen-bond acceptors (Lipinski definition) is 3. The van der Waals surface area contributed by atoms with Gasteiger partial charge in [0.15, 0.2) is 0 Å². The van der Waals surface area contributed by atoms with Crippen molar-refractivity contribution in [3.8, 4) is 0 Å².